The van der Waals surface area contributed by atoms with Crippen molar-refractivity contribution in [2.75, 3.05) is 25.9 Å². The van der Waals surface area contributed by atoms with Gasteiger partial charge in [0, 0.05) is 25.4 Å². The predicted octanol–water partition coefficient (Wildman–Crippen LogP) is 1.29. The first kappa shape index (κ1) is 13.0. The second-order valence-electron chi connectivity index (χ2n) is 5.11. The number of hydrogen-bond acceptors (Lipinski definition) is 3. The fourth-order valence-electron chi connectivity index (χ4n) is 2.13. The summed E-state index contributed by atoms with van der Waals surface area (Å²) in [5.41, 5.74) is 0. The first-order valence-electron chi connectivity index (χ1n) is 6.45. The lowest BCUT2D eigenvalue weighted by atomic mass is 10.2. The van der Waals surface area contributed by atoms with Crippen molar-refractivity contribution < 1.29 is 9.90 Å². The molecule has 0 aromatic heterocycles. The Balaban J connectivity index is 1.63. The van der Waals surface area contributed by atoms with Crippen LogP contribution in [0.2, 0.25) is 0 Å². The maximum atomic E-state index is 11.8. The molecule has 2 fully saturated rings. The molecule has 0 radical (unpaired) electrons. The highest BCUT2D eigenvalue weighted by atomic mass is 32.2. The van der Waals surface area contributed by atoms with Crippen LogP contribution in [-0.2, 0) is 0 Å². The van der Waals surface area contributed by atoms with E-state index in [4.69, 9.17) is 0 Å². The first-order valence-corrected chi connectivity index (χ1v) is 7.50. The number of nitrogens with zero attached hydrogens (tertiary/aromatic N) is 1. The maximum Gasteiger partial charge on any atom is 0.317 e. The normalized spacial score (nSPS) is 25.6. The van der Waals surface area contributed by atoms with Crippen molar-refractivity contribution in [3.63, 3.8) is 0 Å². The summed E-state index contributed by atoms with van der Waals surface area (Å²) in [6.45, 7) is 1.21. The van der Waals surface area contributed by atoms with Gasteiger partial charge >= 0.3 is 6.03 Å². The smallest absolute Gasteiger partial charge is 0.317 e. The highest BCUT2D eigenvalue weighted by molar-refractivity contribution is 8.00. The molecule has 2 amide bonds. The van der Waals surface area contributed by atoms with Crippen LogP contribution >= 0.6 is 11.8 Å². The molecule has 1 aliphatic heterocycles. The van der Waals surface area contributed by atoms with Crippen LogP contribution in [0.5, 0.6) is 0 Å². The van der Waals surface area contributed by atoms with Crippen LogP contribution in [0.1, 0.15) is 25.7 Å². The van der Waals surface area contributed by atoms with Crippen LogP contribution in [0.15, 0.2) is 0 Å². The summed E-state index contributed by atoms with van der Waals surface area (Å²) in [4.78, 5) is 13.4. The number of aliphatic hydroxyl groups excluding tert-OH is 1. The summed E-state index contributed by atoms with van der Waals surface area (Å²) in [5, 5.41) is 13.3. The van der Waals surface area contributed by atoms with Crippen LogP contribution in [0, 0.1) is 5.92 Å². The Morgan fingerprint density at radius 3 is 2.88 bits per heavy atom. The summed E-state index contributed by atoms with van der Waals surface area (Å²) in [6, 6.07) is -0.0581. The van der Waals surface area contributed by atoms with Crippen LogP contribution in [0.25, 0.3) is 0 Å². The average Bonchev–Trinajstić information content (AvgIpc) is 3.04. The zero-order chi connectivity index (χ0) is 12.3. The summed E-state index contributed by atoms with van der Waals surface area (Å²) in [7, 11) is 1.75. The third-order valence-corrected chi connectivity index (χ3v) is 4.88. The summed E-state index contributed by atoms with van der Waals surface area (Å²) < 4.78 is 0. The van der Waals surface area contributed by atoms with E-state index in [0.717, 1.165) is 19.4 Å². The molecule has 1 saturated heterocycles. The summed E-state index contributed by atoms with van der Waals surface area (Å²) in [5.74, 6) is 1.65. The van der Waals surface area contributed by atoms with E-state index in [1.165, 1.54) is 18.6 Å². The topological polar surface area (TPSA) is 52.6 Å². The zero-order valence-corrected chi connectivity index (χ0v) is 11.2. The SMILES string of the molecule is CN(CC(O)C1CC1)C(=O)NCC1CCCS1. The Hall–Kier alpha value is -0.420. The lowest BCUT2D eigenvalue weighted by Gasteiger charge is -2.22. The number of rotatable bonds is 5. The number of nitrogens with one attached hydrogen (secondary N) is 1. The molecule has 2 unspecified atom stereocenters. The van der Waals surface area contributed by atoms with Crippen LogP contribution in [-0.4, -0.2) is 53.3 Å². The fourth-order valence-corrected chi connectivity index (χ4v) is 3.34. The van der Waals surface area contributed by atoms with Gasteiger partial charge < -0.3 is 15.3 Å². The van der Waals surface area contributed by atoms with Crippen molar-refractivity contribution in [3.05, 3.63) is 0 Å². The molecule has 1 heterocycles. The van der Waals surface area contributed by atoms with Gasteiger partial charge in [0.2, 0.25) is 0 Å². The lowest BCUT2D eigenvalue weighted by molar-refractivity contribution is 0.113. The van der Waals surface area contributed by atoms with E-state index in [2.05, 4.69) is 5.32 Å². The largest absolute Gasteiger partial charge is 0.391 e. The van der Waals surface area contributed by atoms with Crippen molar-refractivity contribution >= 4 is 17.8 Å². The Morgan fingerprint density at radius 1 is 1.53 bits per heavy atom. The number of urea groups is 1. The van der Waals surface area contributed by atoms with Gasteiger partial charge in [-0.3, -0.25) is 0 Å². The minimum absolute atomic E-state index is 0.0581. The zero-order valence-electron chi connectivity index (χ0n) is 10.4. The number of carbonyl (C=O) groups excluding carboxylic acids is 1. The van der Waals surface area contributed by atoms with E-state index >= 15 is 0 Å². The first-order chi connectivity index (χ1) is 8.16. The van der Waals surface area contributed by atoms with E-state index in [-0.39, 0.29) is 12.1 Å². The van der Waals surface area contributed by atoms with E-state index in [0.29, 0.717) is 17.7 Å². The van der Waals surface area contributed by atoms with Gasteiger partial charge in [0.15, 0.2) is 0 Å². The monoisotopic (exact) mass is 258 g/mol. The summed E-state index contributed by atoms with van der Waals surface area (Å²) in [6.07, 6.45) is 4.34. The second-order valence-corrected chi connectivity index (χ2v) is 6.51. The molecule has 1 aliphatic carbocycles. The third-order valence-electron chi connectivity index (χ3n) is 3.48. The van der Waals surface area contributed by atoms with Gasteiger partial charge in [-0.05, 0) is 37.4 Å². The number of likely N-dealkylation sites (N-methyl/N-ethyl adjacent to an activating group) is 1. The number of amides is 2. The van der Waals surface area contributed by atoms with Gasteiger partial charge in [-0.15, -0.1) is 0 Å². The number of aliphatic hydroxyl groups is 1. The van der Waals surface area contributed by atoms with E-state index < -0.39 is 0 Å². The fraction of sp³-hybridized carbons (Fsp3) is 0.917. The molecule has 98 valence electrons. The molecule has 2 aliphatic rings. The Labute approximate surface area is 107 Å². The van der Waals surface area contributed by atoms with E-state index in [9.17, 15) is 9.90 Å². The molecule has 0 bridgehead atoms. The highest BCUT2D eigenvalue weighted by Crippen LogP contribution is 2.32. The number of thioether (sulfide) groups is 1. The molecule has 5 heteroatoms. The molecule has 2 N–H and O–H groups in total. The second kappa shape index (κ2) is 5.96. The van der Waals surface area contributed by atoms with Crippen molar-refractivity contribution in [1.29, 1.82) is 0 Å². The van der Waals surface area contributed by atoms with Crippen molar-refractivity contribution in [2.24, 2.45) is 5.92 Å². The highest BCUT2D eigenvalue weighted by Gasteiger charge is 2.31. The molecule has 0 aromatic carbocycles. The lowest BCUT2D eigenvalue weighted by Crippen LogP contribution is -2.43. The predicted molar refractivity (Wildman–Crippen MR) is 70.2 cm³/mol. The number of carbonyl (C=O) groups is 1. The molecular formula is C12H22N2O2S. The minimum Gasteiger partial charge on any atom is -0.391 e. The van der Waals surface area contributed by atoms with Crippen LogP contribution in [0.4, 0.5) is 4.79 Å². The average molecular weight is 258 g/mol. The quantitative estimate of drug-likeness (QED) is 0.781. The molecule has 2 rings (SSSR count). The molecular weight excluding hydrogens is 236 g/mol. The molecule has 1 saturated carbocycles. The van der Waals surface area contributed by atoms with E-state index in [1.807, 2.05) is 11.8 Å². The molecule has 0 aromatic rings. The van der Waals surface area contributed by atoms with Gasteiger partial charge in [0.1, 0.15) is 0 Å². The molecule has 17 heavy (non-hydrogen) atoms. The third kappa shape index (κ3) is 4.07. The maximum absolute atomic E-state index is 11.8. The van der Waals surface area contributed by atoms with Crippen molar-refractivity contribution in [3.8, 4) is 0 Å². The van der Waals surface area contributed by atoms with Crippen LogP contribution < -0.4 is 5.32 Å². The van der Waals surface area contributed by atoms with Crippen molar-refractivity contribution in [1.82, 2.24) is 10.2 Å². The van der Waals surface area contributed by atoms with Gasteiger partial charge in [0.25, 0.3) is 0 Å². The number of hydrogen-bond donors (Lipinski definition) is 2. The van der Waals surface area contributed by atoms with Gasteiger partial charge in [0.05, 0.1) is 6.10 Å². The standard InChI is InChI=1S/C12H22N2O2S/c1-14(8-11(15)9-4-5-9)12(16)13-7-10-3-2-6-17-10/h9-11,15H,2-8H2,1H3,(H,13,16). The van der Waals surface area contributed by atoms with E-state index in [1.54, 1.807) is 11.9 Å². The van der Waals surface area contributed by atoms with Gasteiger partial charge in [-0.2, -0.15) is 11.8 Å². The molecule has 4 nitrogen and oxygen atoms in total. The van der Waals surface area contributed by atoms with Gasteiger partial charge in [-0.1, -0.05) is 0 Å². The Morgan fingerprint density at radius 2 is 2.29 bits per heavy atom. The minimum atomic E-state index is -0.341. The van der Waals surface area contributed by atoms with Crippen LogP contribution in [0.3, 0.4) is 0 Å². The summed E-state index contributed by atoms with van der Waals surface area (Å²) >= 11 is 1.94. The van der Waals surface area contributed by atoms with Crippen molar-refractivity contribution in [2.45, 2.75) is 37.0 Å². The Bertz CT molecular complexity index is 265. The Kier molecular flexibility index (Phi) is 4.56. The molecule has 2 atom stereocenters. The van der Waals surface area contributed by atoms with Gasteiger partial charge in [-0.25, -0.2) is 4.79 Å². The molecule has 0 spiro atoms.